The average Bonchev–Trinajstić information content (AvgIpc) is 2.07. The predicted molar refractivity (Wildman–Crippen MR) is 64.5 cm³/mol. The molecule has 4 heteroatoms. The number of ether oxygens (including phenoxy) is 2. The number of rotatable bonds is 5. The molecule has 0 aliphatic carbocycles. The van der Waals surface area contributed by atoms with Crippen LogP contribution in [0.1, 0.15) is 34.6 Å². The van der Waals surface area contributed by atoms with Crippen molar-refractivity contribution in [1.82, 2.24) is 5.32 Å². The Bertz CT molecular complexity index is 237. The first-order valence-corrected chi connectivity index (χ1v) is 5.49. The summed E-state index contributed by atoms with van der Waals surface area (Å²) >= 11 is 0. The van der Waals surface area contributed by atoms with E-state index in [1.165, 1.54) is 5.57 Å². The summed E-state index contributed by atoms with van der Waals surface area (Å²) in [7, 11) is 0. The standard InChI is InChI=1S/C12H23NO3/c1-10(2)6-8-15-9-7-13-11(14)16-12(3,4)5/h6H,7-9H2,1-5H3,(H,13,14). The summed E-state index contributed by atoms with van der Waals surface area (Å²) in [5.41, 5.74) is 0.771. The Morgan fingerprint density at radius 3 is 2.44 bits per heavy atom. The van der Waals surface area contributed by atoms with Crippen molar-refractivity contribution in [2.75, 3.05) is 19.8 Å². The van der Waals surface area contributed by atoms with Crippen LogP contribution in [0.2, 0.25) is 0 Å². The number of carbonyl (C=O) groups excluding carboxylic acids is 1. The molecule has 0 fully saturated rings. The molecule has 0 bridgehead atoms. The minimum atomic E-state index is -0.451. The zero-order chi connectivity index (χ0) is 12.6. The molecular formula is C12H23NO3. The lowest BCUT2D eigenvalue weighted by Gasteiger charge is -2.19. The molecule has 0 spiro atoms. The molecule has 0 aliphatic rings. The van der Waals surface area contributed by atoms with Crippen LogP contribution in [0.3, 0.4) is 0 Å². The first kappa shape index (κ1) is 15.0. The summed E-state index contributed by atoms with van der Waals surface area (Å²) in [6.45, 7) is 11.1. The molecule has 0 aromatic heterocycles. The maximum absolute atomic E-state index is 11.2. The fourth-order valence-electron chi connectivity index (χ4n) is 0.848. The lowest BCUT2D eigenvalue weighted by atomic mass is 10.2. The van der Waals surface area contributed by atoms with E-state index in [0.717, 1.165) is 0 Å². The molecule has 0 heterocycles. The van der Waals surface area contributed by atoms with Gasteiger partial charge in [-0.3, -0.25) is 0 Å². The lowest BCUT2D eigenvalue weighted by Crippen LogP contribution is -2.34. The molecule has 0 atom stereocenters. The molecule has 0 saturated heterocycles. The second-order valence-corrected chi connectivity index (χ2v) is 4.79. The number of hydrogen-bond donors (Lipinski definition) is 1. The van der Waals surface area contributed by atoms with Crippen LogP contribution in [0.25, 0.3) is 0 Å². The van der Waals surface area contributed by atoms with Gasteiger partial charge in [-0.1, -0.05) is 11.6 Å². The van der Waals surface area contributed by atoms with Crippen LogP contribution in [-0.2, 0) is 9.47 Å². The van der Waals surface area contributed by atoms with Gasteiger partial charge in [-0.15, -0.1) is 0 Å². The van der Waals surface area contributed by atoms with E-state index >= 15 is 0 Å². The monoisotopic (exact) mass is 229 g/mol. The van der Waals surface area contributed by atoms with E-state index < -0.39 is 11.7 Å². The Morgan fingerprint density at radius 1 is 1.31 bits per heavy atom. The molecule has 0 unspecified atom stereocenters. The highest BCUT2D eigenvalue weighted by Crippen LogP contribution is 2.05. The Balaban J connectivity index is 3.46. The van der Waals surface area contributed by atoms with Gasteiger partial charge in [0.2, 0.25) is 0 Å². The first-order chi connectivity index (χ1) is 7.31. The molecule has 0 aliphatic heterocycles. The summed E-state index contributed by atoms with van der Waals surface area (Å²) < 4.78 is 10.3. The Hall–Kier alpha value is -1.03. The van der Waals surface area contributed by atoms with Gasteiger partial charge in [0.25, 0.3) is 0 Å². The van der Waals surface area contributed by atoms with Crippen LogP contribution < -0.4 is 5.32 Å². The fourth-order valence-corrected chi connectivity index (χ4v) is 0.848. The van der Waals surface area contributed by atoms with E-state index in [2.05, 4.69) is 5.32 Å². The summed E-state index contributed by atoms with van der Waals surface area (Å²) in [4.78, 5) is 11.2. The Kier molecular flexibility index (Phi) is 6.81. The minimum Gasteiger partial charge on any atom is -0.444 e. The number of carbonyl (C=O) groups is 1. The van der Waals surface area contributed by atoms with Crippen molar-refractivity contribution >= 4 is 6.09 Å². The Morgan fingerprint density at radius 2 is 1.94 bits per heavy atom. The molecule has 94 valence electrons. The van der Waals surface area contributed by atoms with Crippen molar-refractivity contribution < 1.29 is 14.3 Å². The van der Waals surface area contributed by atoms with Crippen LogP contribution in [0.15, 0.2) is 11.6 Å². The summed E-state index contributed by atoms with van der Waals surface area (Å²) in [6, 6.07) is 0. The molecule has 1 amide bonds. The average molecular weight is 229 g/mol. The van der Waals surface area contributed by atoms with Crippen molar-refractivity contribution in [2.45, 2.75) is 40.2 Å². The second-order valence-electron chi connectivity index (χ2n) is 4.79. The smallest absolute Gasteiger partial charge is 0.407 e. The number of nitrogens with one attached hydrogen (secondary N) is 1. The van der Waals surface area contributed by atoms with E-state index in [9.17, 15) is 4.79 Å². The maximum atomic E-state index is 11.2. The van der Waals surface area contributed by atoms with Crippen LogP contribution in [-0.4, -0.2) is 31.5 Å². The highest BCUT2D eigenvalue weighted by Gasteiger charge is 2.15. The van der Waals surface area contributed by atoms with Crippen molar-refractivity contribution in [1.29, 1.82) is 0 Å². The molecular weight excluding hydrogens is 206 g/mol. The zero-order valence-corrected chi connectivity index (χ0v) is 10.9. The lowest BCUT2D eigenvalue weighted by molar-refractivity contribution is 0.0506. The van der Waals surface area contributed by atoms with Gasteiger partial charge >= 0.3 is 6.09 Å². The largest absolute Gasteiger partial charge is 0.444 e. The van der Waals surface area contributed by atoms with Gasteiger partial charge in [-0.25, -0.2) is 4.79 Å². The topological polar surface area (TPSA) is 47.6 Å². The number of alkyl carbamates (subject to hydrolysis) is 1. The van der Waals surface area contributed by atoms with Crippen molar-refractivity contribution in [3.63, 3.8) is 0 Å². The third-order valence-electron chi connectivity index (χ3n) is 1.52. The normalized spacial score (nSPS) is 10.8. The quantitative estimate of drug-likeness (QED) is 0.582. The molecule has 0 radical (unpaired) electrons. The number of hydrogen-bond acceptors (Lipinski definition) is 3. The fraction of sp³-hybridized carbons (Fsp3) is 0.750. The second kappa shape index (κ2) is 7.28. The Labute approximate surface area is 98.0 Å². The molecule has 4 nitrogen and oxygen atoms in total. The predicted octanol–water partition coefficient (Wildman–Crippen LogP) is 2.49. The van der Waals surface area contributed by atoms with Gasteiger partial charge in [0.1, 0.15) is 5.60 Å². The van der Waals surface area contributed by atoms with Gasteiger partial charge < -0.3 is 14.8 Å². The van der Waals surface area contributed by atoms with Gasteiger partial charge in [0, 0.05) is 6.54 Å². The van der Waals surface area contributed by atoms with E-state index in [-0.39, 0.29) is 0 Å². The summed E-state index contributed by atoms with van der Waals surface area (Å²) in [5.74, 6) is 0. The van der Waals surface area contributed by atoms with E-state index in [1.54, 1.807) is 0 Å². The van der Waals surface area contributed by atoms with Gasteiger partial charge in [0.05, 0.1) is 13.2 Å². The van der Waals surface area contributed by atoms with E-state index in [0.29, 0.717) is 19.8 Å². The van der Waals surface area contributed by atoms with Crippen LogP contribution in [0.4, 0.5) is 4.79 Å². The molecule has 0 aromatic rings. The highest BCUT2D eigenvalue weighted by atomic mass is 16.6. The molecule has 1 N–H and O–H groups in total. The third-order valence-corrected chi connectivity index (χ3v) is 1.52. The number of amides is 1. The van der Waals surface area contributed by atoms with Crippen LogP contribution in [0, 0.1) is 0 Å². The SMILES string of the molecule is CC(C)=CCOCCNC(=O)OC(C)(C)C. The number of allylic oxidation sites excluding steroid dienone is 1. The highest BCUT2D eigenvalue weighted by molar-refractivity contribution is 5.67. The van der Waals surface area contributed by atoms with E-state index in [1.807, 2.05) is 40.7 Å². The molecule has 16 heavy (non-hydrogen) atoms. The van der Waals surface area contributed by atoms with Gasteiger partial charge in [-0.2, -0.15) is 0 Å². The summed E-state index contributed by atoms with van der Waals surface area (Å²) in [5, 5.41) is 2.62. The van der Waals surface area contributed by atoms with Gasteiger partial charge in [-0.05, 0) is 34.6 Å². The van der Waals surface area contributed by atoms with Crippen molar-refractivity contribution in [3.8, 4) is 0 Å². The minimum absolute atomic E-state index is 0.404. The maximum Gasteiger partial charge on any atom is 0.407 e. The summed E-state index contributed by atoms with van der Waals surface area (Å²) in [6.07, 6.45) is 1.59. The van der Waals surface area contributed by atoms with Crippen molar-refractivity contribution in [3.05, 3.63) is 11.6 Å². The van der Waals surface area contributed by atoms with Crippen molar-refractivity contribution in [2.24, 2.45) is 0 Å². The molecule has 0 saturated carbocycles. The molecule has 0 rings (SSSR count). The zero-order valence-electron chi connectivity index (χ0n) is 10.9. The molecule has 0 aromatic carbocycles. The van der Waals surface area contributed by atoms with Crippen LogP contribution >= 0.6 is 0 Å². The first-order valence-electron chi connectivity index (χ1n) is 5.49. The van der Waals surface area contributed by atoms with E-state index in [4.69, 9.17) is 9.47 Å². The van der Waals surface area contributed by atoms with Gasteiger partial charge in [0.15, 0.2) is 0 Å². The van der Waals surface area contributed by atoms with Crippen LogP contribution in [0.5, 0.6) is 0 Å². The third kappa shape index (κ3) is 11.0.